The molecule has 0 spiro atoms. The van der Waals surface area contributed by atoms with Crippen molar-refractivity contribution in [2.24, 2.45) is 0 Å². The van der Waals surface area contributed by atoms with Crippen molar-refractivity contribution in [1.82, 2.24) is 4.98 Å². The first-order valence-corrected chi connectivity index (χ1v) is 10.2. The summed E-state index contributed by atoms with van der Waals surface area (Å²) in [7, 11) is 0. The van der Waals surface area contributed by atoms with E-state index in [0.717, 1.165) is 5.32 Å². The first kappa shape index (κ1) is 22.4. The van der Waals surface area contributed by atoms with Gasteiger partial charge >= 0.3 is 102 Å². The summed E-state index contributed by atoms with van der Waals surface area (Å²) in [5.41, 5.74) is -1.62. The minimum atomic E-state index is -1.21. The average Bonchev–Trinajstić information content (AvgIpc) is 2.74. The number of rotatable bonds is 6. The number of phenolic OH excluding ortho intramolecular Hbond substituents is 1. The monoisotopic (exact) mass is 478 g/mol. The van der Waals surface area contributed by atoms with Crippen molar-refractivity contribution in [3.63, 3.8) is 0 Å². The van der Waals surface area contributed by atoms with Gasteiger partial charge in [-0.05, 0) is 0 Å². The van der Waals surface area contributed by atoms with E-state index in [4.69, 9.17) is 5.11 Å². The van der Waals surface area contributed by atoms with Crippen LogP contribution in [0, 0.1) is 30.3 Å². The van der Waals surface area contributed by atoms with Crippen LogP contribution in [0.3, 0.4) is 0 Å². The van der Waals surface area contributed by atoms with E-state index in [1.54, 1.807) is 0 Å². The topological polar surface area (TPSA) is 163 Å². The maximum absolute atomic E-state index is 10.4. The number of nitro groups is 3. The summed E-state index contributed by atoms with van der Waals surface area (Å²) in [4.78, 5) is 31.8. The molecule has 12 heteroatoms. The van der Waals surface area contributed by atoms with Gasteiger partial charge in [-0.3, -0.25) is 30.3 Å². The molecule has 2 aromatic carbocycles. The Labute approximate surface area is 175 Å². The van der Waals surface area contributed by atoms with Crippen LogP contribution in [0.4, 0.5) is 17.1 Å². The molecule has 0 saturated heterocycles. The maximum atomic E-state index is 10.4. The van der Waals surface area contributed by atoms with Gasteiger partial charge < -0.3 is 5.11 Å². The van der Waals surface area contributed by atoms with Crippen LogP contribution >= 0.6 is 0 Å². The zero-order valence-corrected chi connectivity index (χ0v) is 16.9. The Balaban J connectivity index is 0.000000215. The average molecular weight is 477 g/mol. The molecule has 0 fully saturated rings. The van der Waals surface area contributed by atoms with Gasteiger partial charge in [-0.25, -0.2) is 0 Å². The van der Waals surface area contributed by atoms with Crippen molar-refractivity contribution >= 4 is 36.5 Å². The van der Waals surface area contributed by atoms with Crippen molar-refractivity contribution in [2.45, 2.75) is 5.32 Å². The van der Waals surface area contributed by atoms with E-state index in [9.17, 15) is 30.3 Å². The standard InChI is InChI=1S/C12H11NSe.C6H3N3O7/c1-2-4-12(5-3-1)14-10-11-6-8-13-9-7-11;10-6-4(8(13)14)1-3(7(11)12)2-5(6)9(15)16/h1-9H,10H2;1-2,10H. The summed E-state index contributed by atoms with van der Waals surface area (Å²) >= 11 is 0.544. The molecule has 0 amide bonds. The number of hydrogen-bond donors (Lipinski definition) is 1. The number of non-ortho nitro benzene ring substituents is 1. The minimum absolute atomic E-state index is 0.447. The molecule has 3 rings (SSSR count). The first-order valence-electron chi connectivity index (χ1n) is 8.16. The molecule has 0 bridgehead atoms. The number of aromatic hydroxyl groups is 1. The van der Waals surface area contributed by atoms with Gasteiger partial charge in [0.2, 0.25) is 0 Å². The number of hydrogen-bond acceptors (Lipinski definition) is 8. The Morgan fingerprint density at radius 2 is 1.37 bits per heavy atom. The Hall–Kier alpha value is -3.89. The van der Waals surface area contributed by atoms with Crippen LogP contribution in [0.5, 0.6) is 5.75 Å². The third-order valence-electron chi connectivity index (χ3n) is 3.56. The van der Waals surface area contributed by atoms with Crippen molar-refractivity contribution < 1.29 is 19.9 Å². The number of pyridine rings is 1. The predicted molar refractivity (Wildman–Crippen MR) is 108 cm³/mol. The molecule has 0 atom stereocenters. The van der Waals surface area contributed by atoms with Gasteiger partial charge in [-0.2, -0.15) is 0 Å². The molecule has 0 aliphatic heterocycles. The van der Waals surface area contributed by atoms with Gasteiger partial charge in [0.1, 0.15) is 0 Å². The molecule has 0 aliphatic rings. The molecule has 3 aromatic rings. The SMILES string of the molecule is O=[N+]([O-])c1cc([N+](=O)[O-])c(O)c([N+](=O)[O-])c1.c1ccc([Se]Cc2ccncc2)cc1. The van der Waals surface area contributed by atoms with Crippen LogP contribution in [0.15, 0.2) is 67.0 Å². The third kappa shape index (κ3) is 6.33. The molecule has 1 aromatic heterocycles. The van der Waals surface area contributed by atoms with Gasteiger partial charge in [0.15, 0.2) is 0 Å². The number of nitro benzene ring substituents is 3. The Bertz CT molecular complexity index is 974. The van der Waals surface area contributed by atoms with Crippen LogP contribution in [-0.2, 0) is 5.32 Å². The van der Waals surface area contributed by atoms with Crippen LogP contribution in [0.2, 0.25) is 0 Å². The second-order valence-electron chi connectivity index (χ2n) is 5.56. The van der Waals surface area contributed by atoms with E-state index >= 15 is 0 Å². The first-order chi connectivity index (χ1) is 14.3. The molecule has 30 heavy (non-hydrogen) atoms. The van der Waals surface area contributed by atoms with Crippen molar-refractivity contribution in [3.8, 4) is 5.75 Å². The number of phenols is 1. The van der Waals surface area contributed by atoms with Gasteiger partial charge in [0, 0.05) is 0 Å². The molecule has 0 unspecified atom stereocenters. The molecule has 154 valence electrons. The summed E-state index contributed by atoms with van der Waals surface area (Å²) in [6, 6.07) is 15.7. The zero-order chi connectivity index (χ0) is 22.1. The number of aromatic nitrogens is 1. The number of nitrogens with zero attached hydrogens (tertiary/aromatic N) is 4. The van der Waals surface area contributed by atoms with Gasteiger partial charge in [0.05, 0.1) is 26.9 Å². The van der Waals surface area contributed by atoms with E-state index < -0.39 is 37.6 Å². The summed E-state index contributed by atoms with van der Waals surface area (Å²) < 4.78 is 1.46. The second kappa shape index (κ2) is 10.6. The van der Waals surface area contributed by atoms with Gasteiger partial charge in [0.25, 0.3) is 11.4 Å². The van der Waals surface area contributed by atoms with E-state index in [0.29, 0.717) is 27.1 Å². The Morgan fingerprint density at radius 1 is 0.833 bits per heavy atom. The van der Waals surface area contributed by atoms with Gasteiger partial charge in [-0.15, -0.1) is 0 Å². The van der Waals surface area contributed by atoms with Crippen molar-refractivity contribution in [3.05, 3.63) is 103 Å². The fourth-order valence-electron chi connectivity index (χ4n) is 2.14. The van der Waals surface area contributed by atoms with E-state index in [-0.39, 0.29) is 0 Å². The molecule has 1 heterocycles. The van der Waals surface area contributed by atoms with E-state index in [1.807, 2.05) is 12.4 Å². The van der Waals surface area contributed by atoms with Crippen molar-refractivity contribution in [1.29, 1.82) is 0 Å². The molecule has 0 aliphatic carbocycles. The van der Waals surface area contributed by atoms with Crippen LogP contribution in [0.25, 0.3) is 0 Å². The Morgan fingerprint density at radius 3 is 1.83 bits per heavy atom. The van der Waals surface area contributed by atoms with Crippen molar-refractivity contribution in [2.75, 3.05) is 0 Å². The fourth-order valence-corrected chi connectivity index (χ4v) is 3.97. The van der Waals surface area contributed by atoms with E-state index in [2.05, 4.69) is 47.4 Å². The van der Waals surface area contributed by atoms with Crippen LogP contribution in [0.1, 0.15) is 5.56 Å². The Kier molecular flexibility index (Phi) is 7.91. The summed E-state index contributed by atoms with van der Waals surface area (Å²) in [6.45, 7) is 0. The zero-order valence-electron chi connectivity index (χ0n) is 15.2. The third-order valence-corrected chi connectivity index (χ3v) is 5.83. The second-order valence-corrected chi connectivity index (χ2v) is 7.76. The molecule has 11 nitrogen and oxygen atoms in total. The number of benzene rings is 2. The summed E-state index contributed by atoms with van der Waals surface area (Å²) in [5.74, 6) is -1.21. The normalized spacial score (nSPS) is 9.87. The fraction of sp³-hybridized carbons (Fsp3) is 0.0556. The van der Waals surface area contributed by atoms with E-state index in [1.165, 1.54) is 10.0 Å². The summed E-state index contributed by atoms with van der Waals surface area (Å²) in [6.07, 6.45) is 3.72. The van der Waals surface area contributed by atoms with Crippen LogP contribution in [-0.4, -0.2) is 39.8 Å². The molecular weight excluding hydrogens is 463 g/mol. The van der Waals surface area contributed by atoms with Crippen LogP contribution < -0.4 is 4.46 Å². The predicted octanol–water partition coefficient (Wildman–Crippen LogP) is 2.73. The summed E-state index contributed by atoms with van der Waals surface area (Å²) in [5, 5.41) is 41.4. The molecular formula is C18H14N4O7Se. The molecule has 0 radical (unpaired) electrons. The van der Waals surface area contributed by atoms with Gasteiger partial charge in [-0.1, -0.05) is 0 Å². The molecule has 1 N–H and O–H groups in total. The quantitative estimate of drug-likeness (QED) is 0.322. The molecule has 0 saturated carbocycles.